The monoisotopic (exact) mass is 393 g/mol. The molecular formula is C21H22F3NO3. The number of hydrogen-bond donors (Lipinski definition) is 2. The SMILES string of the molecule is Cc1ccc(CC(=O)N[C@@H](CC(=O)O)Cc2ccc(C(F)(F)F)cc2)cc1C. The lowest BCUT2D eigenvalue weighted by Crippen LogP contribution is -2.39. The van der Waals surface area contributed by atoms with Gasteiger partial charge in [-0.05, 0) is 54.7 Å². The van der Waals surface area contributed by atoms with Crippen molar-refractivity contribution in [1.29, 1.82) is 0 Å². The smallest absolute Gasteiger partial charge is 0.416 e. The van der Waals surface area contributed by atoms with Crippen molar-refractivity contribution in [1.82, 2.24) is 5.32 Å². The third-order valence-electron chi connectivity index (χ3n) is 4.49. The minimum Gasteiger partial charge on any atom is -0.481 e. The molecule has 4 nitrogen and oxygen atoms in total. The first-order valence-corrected chi connectivity index (χ1v) is 8.78. The number of carboxylic acids is 1. The van der Waals surface area contributed by atoms with Crippen molar-refractivity contribution in [2.24, 2.45) is 0 Å². The molecule has 0 fully saturated rings. The summed E-state index contributed by atoms with van der Waals surface area (Å²) < 4.78 is 38.0. The Morgan fingerprint density at radius 2 is 1.61 bits per heavy atom. The van der Waals surface area contributed by atoms with Crippen molar-refractivity contribution in [2.45, 2.75) is 45.3 Å². The zero-order valence-electron chi connectivity index (χ0n) is 15.6. The first-order chi connectivity index (χ1) is 13.0. The van der Waals surface area contributed by atoms with Gasteiger partial charge in [-0.2, -0.15) is 13.2 Å². The molecule has 1 atom stereocenters. The van der Waals surface area contributed by atoms with Gasteiger partial charge in [0.25, 0.3) is 0 Å². The van der Waals surface area contributed by atoms with Gasteiger partial charge in [-0.25, -0.2) is 0 Å². The summed E-state index contributed by atoms with van der Waals surface area (Å²) >= 11 is 0. The molecule has 2 aromatic rings. The van der Waals surface area contributed by atoms with E-state index in [0.29, 0.717) is 5.56 Å². The van der Waals surface area contributed by atoms with Crippen molar-refractivity contribution in [3.05, 3.63) is 70.3 Å². The van der Waals surface area contributed by atoms with Crippen LogP contribution in [0.1, 0.15) is 34.2 Å². The Labute approximate surface area is 161 Å². The number of alkyl halides is 3. The molecule has 2 aromatic carbocycles. The molecule has 0 aliphatic rings. The zero-order valence-corrected chi connectivity index (χ0v) is 15.6. The molecule has 0 bridgehead atoms. The fraction of sp³-hybridized carbons (Fsp3) is 0.333. The largest absolute Gasteiger partial charge is 0.481 e. The van der Waals surface area contributed by atoms with Crippen LogP contribution in [0, 0.1) is 13.8 Å². The van der Waals surface area contributed by atoms with Crippen LogP contribution in [0.2, 0.25) is 0 Å². The summed E-state index contributed by atoms with van der Waals surface area (Å²) in [5.74, 6) is -1.43. The molecule has 2 N–H and O–H groups in total. The first-order valence-electron chi connectivity index (χ1n) is 8.78. The number of aliphatic carboxylic acids is 1. The molecule has 0 aliphatic carbocycles. The number of carbonyl (C=O) groups excluding carboxylic acids is 1. The van der Waals surface area contributed by atoms with E-state index in [1.807, 2.05) is 32.0 Å². The van der Waals surface area contributed by atoms with E-state index < -0.39 is 23.8 Å². The molecule has 0 heterocycles. The van der Waals surface area contributed by atoms with E-state index in [-0.39, 0.29) is 25.2 Å². The highest BCUT2D eigenvalue weighted by atomic mass is 19.4. The standard InChI is InChI=1S/C21H22F3NO3/c1-13-3-4-16(9-14(13)2)11-19(26)25-18(12-20(27)28)10-15-5-7-17(8-6-15)21(22,23)24/h3-9,18H,10-12H2,1-2H3,(H,25,26)(H,27,28)/t18-/m1/s1. The minimum absolute atomic E-state index is 0.101. The molecule has 0 saturated heterocycles. The molecule has 0 radical (unpaired) electrons. The second-order valence-electron chi connectivity index (χ2n) is 6.86. The molecule has 0 unspecified atom stereocenters. The summed E-state index contributed by atoms with van der Waals surface area (Å²) in [6.07, 6.45) is -4.52. The summed E-state index contributed by atoms with van der Waals surface area (Å²) in [5, 5.41) is 11.8. The van der Waals surface area contributed by atoms with Crippen LogP contribution >= 0.6 is 0 Å². The normalized spacial score (nSPS) is 12.5. The van der Waals surface area contributed by atoms with E-state index in [1.54, 1.807) is 0 Å². The van der Waals surface area contributed by atoms with Crippen LogP contribution in [0.25, 0.3) is 0 Å². The number of amides is 1. The summed E-state index contributed by atoms with van der Waals surface area (Å²) in [7, 11) is 0. The number of nitrogens with one attached hydrogen (secondary N) is 1. The minimum atomic E-state index is -4.43. The highest BCUT2D eigenvalue weighted by Gasteiger charge is 2.30. The predicted octanol–water partition coefficient (Wildman–Crippen LogP) is 4.07. The highest BCUT2D eigenvalue weighted by molar-refractivity contribution is 5.79. The van der Waals surface area contributed by atoms with Gasteiger partial charge in [0.1, 0.15) is 0 Å². The van der Waals surface area contributed by atoms with Crippen molar-refractivity contribution in [3.8, 4) is 0 Å². The fourth-order valence-corrected chi connectivity index (χ4v) is 2.88. The second kappa shape index (κ2) is 8.91. The Morgan fingerprint density at radius 1 is 1.00 bits per heavy atom. The number of carbonyl (C=O) groups is 2. The van der Waals surface area contributed by atoms with E-state index in [1.165, 1.54) is 12.1 Å². The average Bonchev–Trinajstić information content (AvgIpc) is 2.57. The lowest BCUT2D eigenvalue weighted by Gasteiger charge is -2.18. The zero-order chi connectivity index (χ0) is 20.9. The lowest BCUT2D eigenvalue weighted by atomic mass is 10.0. The van der Waals surface area contributed by atoms with Crippen molar-refractivity contribution in [2.75, 3.05) is 0 Å². The molecule has 28 heavy (non-hydrogen) atoms. The number of halogens is 3. The summed E-state index contributed by atoms with van der Waals surface area (Å²) in [4.78, 5) is 23.4. The van der Waals surface area contributed by atoms with E-state index in [2.05, 4.69) is 5.32 Å². The van der Waals surface area contributed by atoms with Gasteiger partial charge < -0.3 is 10.4 Å². The van der Waals surface area contributed by atoms with Crippen LogP contribution in [-0.4, -0.2) is 23.0 Å². The maximum absolute atomic E-state index is 12.7. The third kappa shape index (κ3) is 6.40. The first kappa shape index (κ1) is 21.5. The Kier molecular flexibility index (Phi) is 6.83. The Bertz CT molecular complexity index is 845. The summed E-state index contributed by atoms with van der Waals surface area (Å²) in [6.45, 7) is 3.90. The van der Waals surface area contributed by atoms with Crippen LogP contribution in [0.3, 0.4) is 0 Å². The van der Waals surface area contributed by atoms with Gasteiger partial charge in [-0.1, -0.05) is 30.3 Å². The Morgan fingerprint density at radius 3 is 2.14 bits per heavy atom. The van der Waals surface area contributed by atoms with Crippen molar-refractivity contribution < 1.29 is 27.9 Å². The number of aryl methyl sites for hydroxylation is 2. The highest BCUT2D eigenvalue weighted by Crippen LogP contribution is 2.29. The molecule has 2 rings (SSSR count). The summed E-state index contributed by atoms with van der Waals surface area (Å²) in [5.41, 5.74) is 2.71. The maximum atomic E-state index is 12.7. The molecule has 0 saturated carbocycles. The van der Waals surface area contributed by atoms with Gasteiger partial charge in [0, 0.05) is 6.04 Å². The van der Waals surface area contributed by atoms with Gasteiger partial charge in [0.15, 0.2) is 0 Å². The predicted molar refractivity (Wildman–Crippen MR) is 99.0 cm³/mol. The van der Waals surface area contributed by atoms with Crippen LogP contribution in [0.5, 0.6) is 0 Å². The van der Waals surface area contributed by atoms with Gasteiger partial charge in [-0.15, -0.1) is 0 Å². The number of hydrogen-bond acceptors (Lipinski definition) is 2. The molecule has 150 valence electrons. The van der Waals surface area contributed by atoms with Crippen LogP contribution in [-0.2, 0) is 28.6 Å². The Hall–Kier alpha value is -2.83. The number of benzene rings is 2. The number of rotatable bonds is 7. The van der Waals surface area contributed by atoms with Gasteiger partial charge >= 0.3 is 12.1 Å². The van der Waals surface area contributed by atoms with Gasteiger partial charge in [-0.3, -0.25) is 9.59 Å². The quantitative estimate of drug-likeness (QED) is 0.745. The van der Waals surface area contributed by atoms with Crippen LogP contribution in [0.15, 0.2) is 42.5 Å². The van der Waals surface area contributed by atoms with Gasteiger partial charge in [0.05, 0.1) is 18.4 Å². The molecule has 7 heteroatoms. The van der Waals surface area contributed by atoms with Crippen molar-refractivity contribution >= 4 is 11.9 Å². The molecule has 1 amide bonds. The third-order valence-corrected chi connectivity index (χ3v) is 4.49. The van der Waals surface area contributed by atoms with Gasteiger partial charge in [0.2, 0.25) is 5.91 Å². The molecule has 0 spiro atoms. The average molecular weight is 393 g/mol. The van der Waals surface area contributed by atoms with Crippen LogP contribution < -0.4 is 5.32 Å². The van der Waals surface area contributed by atoms with E-state index in [4.69, 9.17) is 5.11 Å². The van der Waals surface area contributed by atoms with E-state index in [0.717, 1.165) is 28.8 Å². The van der Waals surface area contributed by atoms with E-state index in [9.17, 15) is 22.8 Å². The van der Waals surface area contributed by atoms with Crippen molar-refractivity contribution in [3.63, 3.8) is 0 Å². The molecule has 0 aromatic heterocycles. The summed E-state index contributed by atoms with van der Waals surface area (Å²) in [6, 6.07) is 9.43. The number of carboxylic acid groups (broad SMARTS) is 1. The second-order valence-corrected chi connectivity index (χ2v) is 6.86. The molecule has 0 aliphatic heterocycles. The van der Waals surface area contributed by atoms with Crippen LogP contribution in [0.4, 0.5) is 13.2 Å². The maximum Gasteiger partial charge on any atom is 0.416 e. The fourth-order valence-electron chi connectivity index (χ4n) is 2.88. The lowest BCUT2D eigenvalue weighted by molar-refractivity contribution is -0.138. The van der Waals surface area contributed by atoms with E-state index >= 15 is 0 Å². The molecular weight excluding hydrogens is 371 g/mol. The Balaban J connectivity index is 2.05. The topological polar surface area (TPSA) is 66.4 Å².